The SMILES string of the molecule is COc1ccc(-c2nnc(NC(=O)c3ccc(C(C)(C)C)cc3)s2)cc1OC. The van der Waals surface area contributed by atoms with Crippen molar-refractivity contribution in [1.82, 2.24) is 10.2 Å². The van der Waals surface area contributed by atoms with Gasteiger partial charge in [-0.2, -0.15) is 0 Å². The van der Waals surface area contributed by atoms with Crippen LogP contribution in [-0.4, -0.2) is 30.3 Å². The summed E-state index contributed by atoms with van der Waals surface area (Å²) in [4.78, 5) is 12.5. The summed E-state index contributed by atoms with van der Waals surface area (Å²) in [5, 5.41) is 12.2. The highest BCUT2D eigenvalue weighted by atomic mass is 32.1. The maximum absolute atomic E-state index is 12.5. The summed E-state index contributed by atoms with van der Waals surface area (Å²) in [5.74, 6) is 1.04. The summed E-state index contributed by atoms with van der Waals surface area (Å²) in [5.41, 5.74) is 2.64. The van der Waals surface area contributed by atoms with Crippen molar-refractivity contribution in [3.05, 3.63) is 53.6 Å². The highest BCUT2D eigenvalue weighted by Gasteiger charge is 2.16. The molecule has 0 aliphatic rings. The molecule has 0 saturated carbocycles. The summed E-state index contributed by atoms with van der Waals surface area (Å²) in [6.07, 6.45) is 0. The van der Waals surface area contributed by atoms with E-state index in [1.807, 2.05) is 42.5 Å². The van der Waals surface area contributed by atoms with Crippen molar-refractivity contribution in [1.29, 1.82) is 0 Å². The van der Waals surface area contributed by atoms with Crippen LogP contribution in [0.3, 0.4) is 0 Å². The van der Waals surface area contributed by atoms with Crippen molar-refractivity contribution >= 4 is 22.4 Å². The summed E-state index contributed by atoms with van der Waals surface area (Å²) in [7, 11) is 3.17. The highest BCUT2D eigenvalue weighted by Crippen LogP contribution is 2.34. The smallest absolute Gasteiger partial charge is 0.257 e. The minimum absolute atomic E-state index is 0.0442. The molecular formula is C21H23N3O3S. The predicted octanol–water partition coefficient (Wildman–Crippen LogP) is 4.77. The fraction of sp³-hybridized carbons (Fsp3) is 0.286. The Balaban J connectivity index is 1.75. The number of methoxy groups -OCH3 is 2. The Kier molecular flexibility index (Phi) is 5.65. The monoisotopic (exact) mass is 397 g/mol. The Hall–Kier alpha value is -2.93. The number of carbonyl (C=O) groups excluding carboxylic acids is 1. The molecule has 6 nitrogen and oxygen atoms in total. The van der Waals surface area contributed by atoms with Crippen LogP contribution in [0.1, 0.15) is 36.7 Å². The predicted molar refractivity (Wildman–Crippen MR) is 112 cm³/mol. The van der Waals surface area contributed by atoms with Gasteiger partial charge in [-0.05, 0) is 41.3 Å². The number of benzene rings is 2. The first kappa shape index (κ1) is 19.8. The zero-order valence-corrected chi connectivity index (χ0v) is 17.4. The van der Waals surface area contributed by atoms with Crippen LogP contribution >= 0.6 is 11.3 Å². The van der Waals surface area contributed by atoms with Gasteiger partial charge in [0.2, 0.25) is 5.13 Å². The van der Waals surface area contributed by atoms with Crippen LogP contribution in [0.25, 0.3) is 10.6 Å². The molecular weight excluding hydrogens is 374 g/mol. The van der Waals surface area contributed by atoms with Crippen LogP contribution in [0.2, 0.25) is 0 Å². The number of hydrogen-bond acceptors (Lipinski definition) is 6. The zero-order valence-electron chi connectivity index (χ0n) is 16.6. The van der Waals surface area contributed by atoms with Gasteiger partial charge in [0, 0.05) is 11.1 Å². The molecule has 3 aromatic rings. The average Bonchev–Trinajstić information content (AvgIpc) is 3.15. The number of carbonyl (C=O) groups is 1. The van der Waals surface area contributed by atoms with E-state index in [1.54, 1.807) is 14.2 Å². The molecule has 2 aromatic carbocycles. The standard InChI is InChI=1S/C21H23N3O3S/c1-21(2,3)15-9-6-13(7-10-15)18(25)22-20-24-23-19(28-20)14-8-11-16(26-4)17(12-14)27-5/h6-12H,1-5H3,(H,22,24,25). The van der Waals surface area contributed by atoms with E-state index in [2.05, 4.69) is 36.3 Å². The first-order valence-corrected chi connectivity index (χ1v) is 9.61. The first-order chi connectivity index (χ1) is 13.3. The van der Waals surface area contributed by atoms with Crippen molar-refractivity contribution in [2.75, 3.05) is 19.5 Å². The molecule has 1 heterocycles. The minimum Gasteiger partial charge on any atom is -0.493 e. The fourth-order valence-corrected chi connectivity index (χ4v) is 3.39. The van der Waals surface area contributed by atoms with Crippen LogP contribution in [0.4, 0.5) is 5.13 Å². The average molecular weight is 398 g/mol. The minimum atomic E-state index is -0.213. The Morgan fingerprint density at radius 1 is 0.964 bits per heavy atom. The van der Waals surface area contributed by atoms with Gasteiger partial charge in [0.25, 0.3) is 5.91 Å². The van der Waals surface area contributed by atoms with E-state index in [0.29, 0.717) is 27.2 Å². The lowest BCUT2D eigenvalue weighted by atomic mass is 9.87. The van der Waals surface area contributed by atoms with Gasteiger partial charge in [0.05, 0.1) is 14.2 Å². The van der Waals surface area contributed by atoms with Gasteiger partial charge in [-0.3, -0.25) is 10.1 Å². The fourth-order valence-electron chi connectivity index (χ4n) is 2.65. The number of anilines is 1. The van der Waals surface area contributed by atoms with Crippen molar-refractivity contribution in [3.63, 3.8) is 0 Å². The lowest BCUT2D eigenvalue weighted by Gasteiger charge is -2.18. The molecule has 7 heteroatoms. The Morgan fingerprint density at radius 3 is 2.25 bits per heavy atom. The van der Waals surface area contributed by atoms with Gasteiger partial charge >= 0.3 is 0 Å². The second kappa shape index (κ2) is 7.98. The van der Waals surface area contributed by atoms with E-state index in [-0.39, 0.29) is 11.3 Å². The summed E-state index contributed by atoms with van der Waals surface area (Å²) in [6, 6.07) is 13.1. The number of rotatable bonds is 5. The molecule has 0 spiro atoms. The van der Waals surface area contributed by atoms with E-state index in [1.165, 1.54) is 16.9 Å². The normalized spacial score (nSPS) is 11.2. The number of amides is 1. The second-order valence-electron chi connectivity index (χ2n) is 7.26. The van der Waals surface area contributed by atoms with E-state index in [4.69, 9.17) is 9.47 Å². The molecule has 0 fully saturated rings. The van der Waals surface area contributed by atoms with Gasteiger partial charge in [0.1, 0.15) is 5.01 Å². The summed E-state index contributed by atoms with van der Waals surface area (Å²) < 4.78 is 10.6. The van der Waals surface area contributed by atoms with Crippen LogP contribution in [0.5, 0.6) is 11.5 Å². The Labute approximate surface area is 168 Å². The number of nitrogens with zero attached hydrogens (tertiary/aromatic N) is 2. The lowest BCUT2D eigenvalue weighted by molar-refractivity contribution is 0.102. The topological polar surface area (TPSA) is 73.3 Å². The second-order valence-corrected chi connectivity index (χ2v) is 8.24. The Morgan fingerprint density at radius 2 is 1.64 bits per heavy atom. The molecule has 0 atom stereocenters. The van der Waals surface area contributed by atoms with E-state index < -0.39 is 0 Å². The molecule has 0 saturated heterocycles. The quantitative estimate of drug-likeness (QED) is 0.671. The first-order valence-electron chi connectivity index (χ1n) is 8.79. The van der Waals surface area contributed by atoms with Crippen LogP contribution in [0, 0.1) is 0 Å². The molecule has 1 N–H and O–H groups in total. The van der Waals surface area contributed by atoms with Gasteiger partial charge in [0.15, 0.2) is 11.5 Å². The maximum Gasteiger partial charge on any atom is 0.257 e. The molecule has 0 bridgehead atoms. The van der Waals surface area contributed by atoms with E-state index in [0.717, 1.165) is 5.56 Å². The molecule has 0 unspecified atom stereocenters. The van der Waals surface area contributed by atoms with E-state index in [9.17, 15) is 4.79 Å². The van der Waals surface area contributed by atoms with Crippen LogP contribution in [0.15, 0.2) is 42.5 Å². The number of aromatic nitrogens is 2. The summed E-state index contributed by atoms with van der Waals surface area (Å²) in [6.45, 7) is 6.41. The number of hydrogen-bond donors (Lipinski definition) is 1. The van der Waals surface area contributed by atoms with Crippen molar-refractivity contribution in [3.8, 4) is 22.1 Å². The molecule has 28 heavy (non-hydrogen) atoms. The molecule has 0 aliphatic heterocycles. The molecule has 0 aliphatic carbocycles. The molecule has 1 amide bonds. The third-order valence-corrected chi connectivity index (χ3v) is 5.18. The van der Waals surface area contributed by atoms with Gasteiger partial charge in [-0.15, -0.1) is 10.2 Å². The molecule has 3 rings (SSSR count). The van der Waals surface area contributed by atoms with Crippen molar-refractivity contribution in [2.24, 2.45) is 0 Å². The highest BCUT2D eigenvalue weighted by molar-refractivity contribution is 7.18. The third-order valence-electron chi connectivity index (χ3n) is 4.29. The molecule has 0 radical (unpaired) electrons. The van der Waals surface area contributed by atoms with Gasteiger partial charge in [-0.25, -0.2) is 0 Å². The van der Waals surface area contributed by atoms with E-state index >= 15 is 0 Å². The lowest BCUT2D eigenvalue weighted by Crippen LogP contribution is -2.14. The van der Waals surface area contributed by atoms with Gasteiger partial charge in [-0.1, -0.05) is 44.2 Å². The third kappa shape index (κ3) is 4.31. The zero-order chi connectivity index (χ0) is 20.3. The van der Waals surface area contributed by atoms with Crippen LogP contribution < -0.4 is 14.8 Å². The van der Waals surface area contributed by atoms with Crippen molar-refractivity contribution in [2.45, 2.75) is 26.2 Å². The summed E-state index contributed by atoms with van der Waals surface area (Å²) >= 11 is 1.30. The maximum atomic E-state index is 12.5. The van der Waals surface area contributed by atoms with Crippen LogP contribution in [-0.2, 0) is 5.41 Å². The Bertz CT molecular complexity index is 975. The van der Waals surface area contributed by atoms with Gasteiger partial charge < -0.3 is 9.47 Å². The molecule has 146 valence electrons. The number of ether oxygens (including phenoxy) is 2. The molecule has 1 aromatic heterocycles. The largest absolute Gasteiger partial charge is 0.493 e. The number of nitrogens with one attached hydrogen (secondary N) is 1. The van der Waals surface area contributed by atoms with Crippen molar-refractivity contribution < 1.29 is 14.3 Å².